The smallest absolute Gasteiger partial charge is 0.318 e. The highest BCUT2D eigenvalue weighted by atomic mass is 16.2. The van der Waals surface area contributed by atoms with Gasteiger partial charge in [-0.3, -0.25) is 14.9 Å². The van der Waals surface area contributed by atoms with E-state index in [-0.39, 0.29) is 5.57 Å². The number of carbonyl (C=O) groups is 3. The molecule has 1 atom stereocenters. The monoisotopic (exact) mass is 469 g/mol. The molecule has 4 rings (SSSR count). The maximum absolute atomic E-state index is 13.3. The summed E-state index contributed by atoms with van der Waals surface area (Å²) in [5, 5.41) is 2.31. The zero-order valence-corrected chi connectivity index (χ0v) is 20.9. The van der Waals surface area contributed by atoms with Gasteiger partial charge < -0.3 is 4.57 Å². The van der Waals surface area contributed by atoms with Crippen LogP contribution < -0.4 is 10.2 Å². The lowest BCUT2D eigenvalue weighted by atomic mass is 9.98. The number of hydrogen-bond acceptors (Lipinski definition) is 3. The number of amides is 4. The molecule has 0 saturated carbocycles. The molecular weight excluding hydrogens is 438 g/mol. The van der Waals surface area contributed by atoms with Crippen molar-refractivity contribution < 1.29 is 14.4 Å². The van der Waals surface area contributed by atoms with Gasteiger partial charge in [0, 0.05) is 17.1 Å². The molecule has 2 heterocycles. The van der Waals surface area contributed by atoms with Crippen molar-refractivity contribution in [1.29, 1.82) is 0 Å². The lowest BCUT2D eigenvalue weighted by Gasteiger charge is -2.26. The lowest BCUT2D eigenvalue weighted by molar-refractivity contribution is -0.122. The van der Waals surface area contributed by atoms with Crippen molar-refractivity contribution in [3.8, 4) is 5.69 Å². The Bertz CT molecular complexity index is 1310. The third-order valence-corrected chi connectivity index (χ3v) is 6.81. The van der Waals surface area contributed by atoms with Gasteiger partial charge in [0.2, 0.25) is 0 Å². The number of hydrogen-bond donors (Lipinski definition) is 1. The molecule has 0 spiro atoms. The van der Waals surface area contributed by atoms with Crippen molar-refractivity contribution in [1.82, 2.24) is 9.88 Å². The van der Waals surface area contributed by atoms with Crippen LogP contribution in [0.2, 0.25) is 0 Å². The molecule has 35 heavy (non-hydrogen) atoms. The van der Waals surface area contributed by atoms with Gasteiger partial charge in [-0.15, -0.1) is 0 Å². The predicted octanol–water partition coefficient (Wildman–Crippen LogP) is 5.84. The van der Waals surface area contributed by atoms with Crippen molar-refractivity contribution in [2.24, 2.45) is 0 Å². The van der Waals surface area contributed by atoms with Crippen LogP contribution in [0.3, 0.4) is 0 Å². The van der Waals surface area contributed by atoms with E-state index in [0.29, 0.717) is 11.6 Å². The summed E-state index contributed by atoms with van der Waals surface area (Å²) < 4.78 is 2.09. The molecule has 0 bridgehead atoms. The second-order valence-corrected chi connectivity index (χ2v) is 9.04. The van der Waals surface area contributed by atoms with Gasteiger partial charge in [0.05, 0.1) is 5.69 Å². The minimum Gasteiger partial charge on any atom is -0.318 e. The number of imide groups is 2. The SMILES string of the molecule is CCc1ccc(-n2c(C)cc(C=C3C(=O)NC(=O)N(c4ccc(C(C)CC)cc4)C3=O)c2C)cc1. The molecule has 1 aromatic heterocycles. The van der Waals surface area contributed by atoms with E-state index in [1.165, 1.54) is 5.56 Å². The summed E-state index contributed by atoms with van der Waals surface area (Å²) in [5.74, 6) is -0.947. The van der Waals surface area contributed by atoms with Gasteiger partial charge in [0.15, 0.2) is 0 Å². The average molecular weight is 470 g/mol. The normalized spacial score (nSPS) is 16.1. The largest absolute Gasteiger partial charge is 0.335 e. The van der Waals surface area contributed by atoms with Crippen molar-refractivity contribution in [2.75, 3.05) is 4.90 Å². The first kappa shape index (κ1) is 24.2. The van der Waals surface area contributed by atoms with Crippen molar-refractivity contribution >= 4 is 29.6 Å². The fourth-order valence-electron chi connectivity index (χ4n) is 4.45. The van der Waals surface area contributed by atoms with Crippen LogP contribution in [-0.2, 0) is 16.0 Å². The van der Waals surface area contributed by atoms with Crippen LogP contribution in [0.15, 0.2) is 60.2 Å². The predicted molar refractivity (Wildman–Crippen MR) is 139 cm³/mol. The molecule has 180 valence electrons. The van der Waals surface area contributed by atoms with Gasteiger partial charge in [-0.05, 0) is 85.7 Å². The van der Waals surface area contributed by atoms with Gasteiger partial charge in [-0.2, -0.15) is 0 Å². The van der Waals surface area contributed by atoms with Gasteiger partial charge in [0.25, 0.3) is 11.8 Å². The number of nitrogens with zero attached hydrogens (tertiary/aromatic N) is 2. The molecule has 1 unspecified atom stereocenters. The molecule has 0 radical (unpaired) electrons. The van der Waals surface area contributed by atoms with Crippen LogP contribution in [0.4, 0.5) is 10.5 Å². The Hall–Kier alpha value is -3.93. The molecule has 6 heteroatoms. The van der Waals surface area contributed by atoms with E-state index in [1.807, 2.05) is 32.0 Å². The topological polar surface area (TPSA) is 71.4 Å². The van der Waals surface area contributed by atoms with Crippen LogP contribution in [0.25, 0.3) is 11.8 Å². The van der Waals surface area contributed by atoms with E-state index in [2.05, 4.69) is 54.9 Å². The highest BCUT2D eigenvalue weighted by molar-refractivity contribution is 6.39. The summed E-state index contributed by atoms with van der Waals surface area (Å²) in [6, 6.07) is 16.9. The van der Waals surface area contributed by atoms with Crippen molar-refractivity contribution in [2.45, 2.75) is 53.4 Å². The highest BCUT2D eigenvalue weighted by Gasteiger charge is 2.37. The number of aromatic nitrogens is 1. The molecule has 4 amide bonds. The Balaban J connectivity index is 1.69. The minimum absolute atomic E-state index is 0.0721. The van der Waals surface area contributed by atoms with Crippen LogP contribution in [-0.4, -0.2) is 22.4 Å². The van der Waals surface area contributed by atoms with Gasteiger partial charge in [0.1, 0.15) is 5.57 Å². The molecule has 1 fully saturated rings. The van der Waals surface area contributed by atoms with E-state index in [1.54, 1.807) is 18.2 Å². The molecule has 1 N–H and O–H groups in total. The third-order valence-electron chi connectivity index (χ3n) is 6.81. The highest BCUT2D eigenvalue weighted by Crippen LogP contribution is 2.28. The van der Waals surface area contributed by atoms with Crippen LogP contribution in [0, 0.1) is 13.8 Å². The van der Waals surface area contributed by atoms with E-state index in [4.69, 9.17) is 0 Å². The van der Waals surface area contributed by atoms with Crippen LogP contribution in [0.5, 0.6) is 0 Å². The lowest BCUT2D eigenvalue weighted by Crippen LogP contribution is -2.54. The number of barbiturate groups is 1. The van der Waals surface area contributed by atoms with E-state index >= 15 is 0 Å². The first-order valence-corrected chi connectivity index (χ1v) is 12.0. The van der Waals surface area contributed by atoms with Gasteiger partial charge in [-0.25, -0.2) is 9.69 Å². The van der Waals surface area contributed by atoms with Crippen molar-refractivity contribution in [3.05, 3.63) is 88.2 Å². The fourth-order valence-corrected chi connectivity index (χ4v) is 4.45. The number of nitrogens with one attached hydrogen (secondary N) is 1. The number of rotatable bonds is 6. The standard InChI is InChI=1S/C29H31N3O3/c1-6-18(3)22-10-14-25(15-11-22)32-28(34)26(27(33)30-29(32)35)17-23-16-19(4)31(20(23)5)24-12-8-21(7-2)9-13-24/h8-18H,6-7H2,1-5H3,(H,30,33,35). The summed E-state index contributed by atoms with van der Waals surface area (Å²) in [6.45, 7) is 10.3. The zero-order valence-electron chi connectivity index (χ0n) is 20.9. The Labute approximate surface area is 206 Å². The van der Waals surface area contributed by atoms with E-state index in [9.17, 15) is 14.4 Å². The maximum atomic E-state index is 13.3. The Morgan fingerprint density at radius 3 is 2.14 bits per heavy atom. The van der Waals surface area contributed by atoms with Gasteiger partial charge >= 0.3 is 6.03 Å². The van der Waals surface area contributed by atoms with Gasteiger partial charge in [-0.1, -0.05) is 45.0 Å². The molecule has 1 aliphatic heterocycles. The molecular formula is C29H31N3O3. The second kappa shape index (κ2) is 9.74. The first-order chi connectivity index (χ1) is 16.7. The molecule has 1 aliphatic rings. The van der Waals surface area contributed by atoms with Crippen LogP contribution in [0.1, 0.15) is 61.2 Å². The maximum Gasteiger partial charge on any atom is 0.335 e. The third kappa shape index (κ3) is 4.56. The Morgan fingerprint density at radius 1 is 0.914 bits per heavy atom. The number of aryl methyl sites for hydroxylation is 2. The Kier molecular flexibility index (Phi) is 6.74. The first-order valence-electron chi connectivity index (χ1n) is 12.0. The number of benzene rings is 2. The summed E-state index contributed by atoms with van der Waals surface area (Å²) in [6.07, 6.45) is 3.53. The number of anilines is 1. The van der Waals surface area contributed by atoms with E-state index < -0.39 is 17.8 Å². The molecule has 2 aromatic carbocycles. The second-order valence-electron chi connectivity index (χ2n) is 9.04. The molecule has 0 aliphatic carbocycles. The van der Waals surface area contributed by atoms with E-state index in [0.717, 1.165) is 45.9 Å². The van der Waals surface area contributed by atoms with Crippen molar-refractivity contribution in [3.63, 3.8) is 0 Å². The molecule has 1 saturated heterocycles. The quantitative estimate of drug-likeness (QED) is 0.364. The fraction of sp³-hybridized carbons (Fsp3) is 0.276. The summed E-state index contributed by atoms with van der Waals surface area (Å²) in [5.41, 5.74) is 6.40. The molecule has 6 nitrogen and oxygen atoms in total. The summed E-state index contributed by atoms with van der Waals surface area (Å²) >= 11 is 0. The number of carbonyl (C=O) groups excluding carboxylic acids is 3. The summed E-state index contributed by atoms with van der Waals surface area (Å²) in [7, 11) is 0. The zero-order chi connectivity index (χ0) is 25.3. The summed E-state index contributed by atoms with van der Waals surface area (Å²) in [4.78, 5) is 39.6. The Morgan fingerprint density at radius 2 is 1.54 bits per heavy atom. The van der Waals surface area contributed by atoms with Crippen LogP contribution >= 0.6 is 0 Å². The minimum atomic E-state index is -0.741. The average Bonchev–Trinajstić information content (AvgIpc) is 3.14. The number of urea groups is 1. The molecule has 3 aromatic rings.